The van der Waals surface area contributed by atoms with Crippen LogP contribution in [-0.2, 0) is 29.0 Å². The highest BCUT2D eigenvalue weighted by molar-refractivity contribution is 5.88. The summed E-state index contributed by atoms with van der Waals surface area (Å²) in [5, 5.41) is 10.5. The van der Waals surface area contributed by atoms with Gasteiger partial charge in [-0.1, -0.05) is 50.2 Å². The predicted molar refractivity (Wildman–Crippen MR) is 179 cm³/mol. The van der Waals surface area contributed by atoms with Crippen LogP contribution in [0.4, 0.5) is 5.69 Å². The molecule has 1 atom stereocenters. The number of anilines is 1. The standard InChI is InChI=1S/C38H51N3O3/c1-24-11-10-12-30(25(24)2)22-40-18-15-28-21-29(13-14-31(28)23-40)32-26(3)39-27(4)33(35(36(42)43)44-37(5,6)7)34(32)41-19-16-38(8,9)17-20-41/h10-14,21,35H,15-20,22-23H2,1-9H3,(H,42,43). The molecule has 1 unspecified atom stereocenters. The number of fused-ring (bicyclic) bond motifs is 1. The number of rotatable bonds is 7. The number of carboxylic acid groups (broad SMARTS) is 1. The maximum absolute atomic E-state index is 12.8. The molecule has 1 aromatic heterocycles. The van der Waals surface area contributed by atoms with Crippen molar-refractivity contribution in [2.24, 2.45) is 5.41 Å². The van der Waals surface area contributed by atoms with Gasteiger partial charge in [-0.3, -0.25) is 9.88 Å². The Morgan fingerprint density at radius 3 is 2.36 bits per heavy atom. The second-order valence-corrected chi connectivity index (χ2v) is 14.8. The molecule has 2 aromatic carbocycles. The van der Waals surface area contributed by atoms with E-state index in [9.17, 15) is 9.90 Å². The van der Waals surface area contributed by atoms with Crippen LogP contribution < -0.4 is 4.90 Å². The second-order valence-electron chi connectivity index (χ2n) is 14.8. The molecule has 0 amide bonds. The molecule has 3 heterocycles. The summed E-state index contributed by atoms with van der Waals surface area (Å²) in [4.78, 5) is 22.7. The zero-order valence-corrected chi connectivity index (χ0v) is 28.3. The molecule has 236 valence electrons. The minimum absolute atomic E-state index is 0.261. The Kier molecular flexibility index (Phi) is 8.99. The Morgan fingerprint density at radius 1 is 1.00 bits per heavy atom. The third-order valence-electron chi connectivity index (χ3n) is 9.67. The van der Waals surface area contributed by atoms with Gasteiger partial charge >= 0.3 is 5.97 Å². The zero-order valence-electron chi connectivity index (χ0n) is 28.3. The number of aliphatic carboxylic acids is 1. The molecule has 0 aliphatic carbocycles. The summed E-state index contributed by atoms with van der Waals surface area (Å²) >= 11 is 0. The molecule has 0 radical (unpaired) electrons. The van der Waals surface area contributed by atoms with Crippen molar-refractivity contribution in [3.05, 3.63) is 81.2 Å². The highest BCUT2D eigenvalue weighted by atomic mass is 16.5. The van der Waals surface area contributed by atoms with E-state index in [0.29, 0.717) is 5.56 Å². The fraction of sp³-hybridized carbons (Fsp3) is 0.526. The lowest BCUT2D eigenvalue weighted by Gasteiger charge is -2.41. The van der Waals surface area contributed by atoms with Crippen LogP contribution in [-0.4, -0.2) is 46.2 Å². The summed E-state index contributed by atoms with van der Waals surface area (Å²) in [7, 11) is 0. The van der Waals surface area contributed by atoms with Gasteiger partial charge in [0.15, 0.2) is 6.10 Å². The van der Waals surface area contributed by atoms with E-state index in [1.165, 1.54) is 27.8 Å². The molecule has 1 saturated heterocycles. The van der Waals surface area contributed by atoms with Crippen LogP contribution in [0.1, 0.15) is 98.3 Å². The summed E-state index contributed by atoms with van der Waals surface area (Å²) < 4.78 is 6.26. The van der Waals surface area contributed by atoms with Gasteiger partial charge in [0.05, 0.1) is 11.3 Å². The van der Waals surface area contributed by atoms with Crippen LogP contribution in [0.25, 0.3) is 11.1 Å². The van der Waals surface area contributed by atoms with E-state index < -0.39 is 17.7 Å². The van der Waals surface area contributed by atoms with Gasteiger partial charge in [-0.15, -0.1) is 0 Å². The van der Waals surface area contributed by atoms with Gasteiger partial charge in [0.25, 0.3) is 0 Å². The summed E-state index contributed by atoms with van der Waals surface area (Å²) in [5.74, 6) is -0.979. The van der Waals surface area contributed by atoms with Crippen molar-refractivity contribution in [1.29, 1.82) is 0 Å². The van der Waals surface area contributed by atoms with Crippen molar-refractivity contribution in [3.63, 3.8) is 0 Å². The van der Waals surface area contributed by atoms with Crippen molar-refractivity contribution < 1.29 is 14.6 Å². The Labute approximate surface area is 264 Å². The van der Waals surface area contributed by atoms with Crippen molar-refractivity contribution in [2.45, 2.75) is 106 Å². The van der Waals surface area contributed by atoms with Gasteiger partial charge in [0.2, 0.25) is 0 Å². The molecular formula is C38H51N3O3. The number of benzene rings is 2. The lowest BCUT2D eigenvalue weighted by molar-refractivity contribution is -0.160. The first-order valence-corrected chi connectivity index (χ1v) is 16.2. The zero-order chi connectivity index (χ0) is 32.0. The highest BCUT2D eigenvalue weighted by Gasteiger charge is 2.36. The van der Waals surface area contributed by atoms with Gasteiger partial charge in [-0.05, 0) is 107 Å². The van der Waals surface area contributed by atoms with Crippen LogP contribution in [0.5, 0.6) is 0 Å². The maximum atomic E-state index is 12.8. The molecule has 5 rings (SSSR count). The third kappa shape index (κ3) is 6.87. The van der Waals surface area contributed by atoms with Crippen molar-refractivity contribution in [3.8, 4) is 11.1 Å². The summed E-state index contributed by atoms with van der Waals surface area (Å²) in [6, 6.07) is 13.4. The van der Waals surface area contributed by atoms with Crippen LogP contribution in [0, 0.1) is 33.1 Å². The van der Waals surface area contributed by atoms with E-state index in [0.717, 1.165) is 80.2 Å². The van der Waals surface area contributed by atoms with E-state index in [1.54, 1.807) is 0 Å². The smallest absolute Gasteiger partial charge is 0.337 e. The largest absolute Gasteiger partial charge is 0.479 e. The molecular weight excluding hydrogens is 546 g/mol. The lowest BCUT2D eigenvalue weighted by atomic mass is 9.81. The number of piperidine rings is 1. The Balaban J connectivity index is 1.57. The molecule has 6 nitrogen and oxygen atoms in total. The molecule has 2 aliphatic heterocycles. The lowest BCUT2D eigenvalue weighted by Crippen LogP contribution is -2.39. The van der Waals surface area contributed by atoms with Gasteiger partial charge < -0.3 is 14.7 Å². The third-order valence-corrected chi connectivity index (χ3v) is 9.67. The molecule has 0 saturated carbocycles. The molecule has 2 aliphatic rings. The van der Waals surface area contributed by atoms with E-state index in [1.807, 2.05) is 27.7 Å². The first kappa shape index (κ1) is 32.2. The number of carboxylic acids is 1. The average molecular weight is 598 g/mol. The first-order chi connectivity index (χ1) is 20.6. The molecule has 1 N–H and O–H groups in total. The van der Waals surface area contributed by atoms with Crippen LogP contribution in [0.15, 0.2) is 36.4 Å². The van der Waals surface area contributed by atoms with Crippen LogP contribution in [0.3, 0.4) is 0 Å². The summed E-state index contributed by atoms with van der Waals surface area (Å²) in [6.45, 7) is 23.4. The number of nitrogens with zero attached hydrogens (tertiary/aromatic N) is 3. The van der Waals surface area contributed by atoms with Crippen molar-refractivity contribution in [1.82, 2.24) is 9.88 Å². The minimum Gasteiger partial charge on any atom is -0.479 e. The summed E-state index contributed by atoms with van der Waals surface area (Å²) in [6.07, 6.45) is 1.97. The normalized spacial score (nSPS) is 17.8. The number of ether oxygens (including phenoxy) is 1. The second kappa shape index (κ2) is 12.3. The van der Waals surface area contributed by atoms with Crippen molar-refractivity contribution in [2.75, 3.05) is 24.5 Å². The van der Waals surface area contributed by atoms with Gasteiger partial charge in [-0.25, -0.2) is 4.79 Å². The Morgan fingerprint density at radius 2 is 1.70 bits per heavy atom. The average Bonchev–Trinajstić information content (AvgIpc) is 2.93. The molecule has 1 fully saturated rings. The van der Waals surface area contributed by atoms with Crippen LogP contribution >= 0.6 is 0 Å². The summed E-state index contributed by atoms with van der Waals surface area (Å²) in [5.41, 5.74) is 12.0. The number of hydrogen-bond donors (Lipinski definition) is 1. The topological polar surface area (TPSA) is 65.9 Å². The molecule has 0 bridgehead atoms. The SMILES string of the molecule is Cc1cccc(CN2CCc3cc(-c4c(C)nc(C)c(C(OC(C)(C)C)C(=O)O)c4N4CCC(C)(C)CC4)ccc3C2)c1C. The predicted octanol–water partition coefficient (Wildman–Crippen LogP) is 8.11. The molecule has 3 aromatic rings. The van der Waals surface area contributed by atoms with Gasteiger partial charge in [-0.2, -0.15) is 0 Å². The van der Waals surface area contributed by atoms with E-state index in [-0.39, 0.29) is 5.41 Å². The van der Waals surface area contributed by atoms with E-state index in [4.69, 9.17) is 9.72 Å². The Hall–Kier alpha value is -3.22. The number of aryl methyl sites for hydroxylation is 3. The number of aromatic nitrogens is 1. The molecule has 6 heteroatoms. The van der Waals surface area contributed by atoms with Crippen LogP contribution in [0.2, 0.25) is 0 Å². The maximum Gasteiger partial charge on any atom is 0.337 e. The monoisotopic (exact) mass is 597 g/mol. The number of carbonyl (C=O) groups is 1. The van der Waals surface area contributed by atoms with E-state index in [2.05, 4.69) is 80.8 Å². The van der Waals surface area contributed by atoms with Gasteiger partial charge in [0.1, 0.15) is 0 Å². The molecule has 0 spiro atoms. The molecule has 44 heavy (non-hydrogen) atoms. The number of pyridine rings is 1. The quantitative estimate of drug-likeness (QED) is 0.297. The van der Waals surface area contributed by atoms with Crippen molar-refractivity contribution >= 4 is 11.7 Å². The fourth-order valence-electron chi connectivity index (χ4n) is 6.88. The van der Waals surface area contributed by atoms with Gasteiger partial charge in [0, 0.05) is 55.2 Å². The first-order valence-electron chi connectivity index (χ1n) is 16.2. The fourth-order valence-corrected chi connectivity index (χ4v) is 6.88. The Bertz CT molecular complexity index is 1540. The van der Waals surface area contributed by atoms with E-state index >= 15 is 0 Å². The number of hydrogen-bond acceptors (Lipinski definition) is 5. The minimum atomic E-state index is -1.11. The highest BCUT2D eigenvalue weighted by Crippen LogP contribution is 2.45.